The molecule has 0 saturated heterocycles. The molecule has 4 rings (SSSR count). The first kappa shape index (κ1) is 16.0. The lowest BCUT2D eigenvalue weighted by atomic mass is 10.2. The molecule has 25 heavy (non-hydrogen) atoms. The molecule has 0 unspecified atom stereocenters. The molecular formula is C18H17N3O3S. The van der Waals surface area contributed by atoms with Gasteiger partial charge >= 0.3 is 5.97 Å². The van der Waals surface area contributed by atoms with Crippen LogP contribution in [-0.4, -0.2) is 25.6 Å². The van der Waals surface area contributed by atoms with Crippen molar-refractivity contribution in [3.05, 3.63) is 45.3 Å². The fraction of sp³-hybridized carbons (Fsp3) is 0.333. The average Bonchev–Trinajstić information content (AvgIpc) is 3.17. The highest BCUT2D eigenvalue weighted by molar-refractivity contribution is 7.18. The van der Waals surface area contributed by atoms with Crippen LogP contribution in [0.25, 0.3) is 21.6 Å². The van der Waals surface area contributed by atoms with Crippen LogP contribution in [0.1, 0.15) is 29.7 Å². The summed E-state index contributed by atoms with van der Waals surface area (Å²) in [6.07, 6.45) is 6.79. The topological polar surface area (TPSA) is 85.1 Å². The van der Waals surface area contributed by atoms with E-state index < -0.39 is 5.97 Å². The Hall–Kier alpha value is -2.54. The summed E-state index contributed by atoms with van der Waals surface area (Å²) in [5.74, 6) is -0.294. The normalized spacial score (nSPS) is 13.3. The first-order chi connectivity index (χ1) is 12.1. The first-order valence-corrected chi connectivity index (χ1v) is 9.14. The fourth-order valence-corrected chi connectivity index (χ4v) is 4.64. The summed E-state index contributed by atoms with van der Waals surface area (Å²) in [6.45, 7) is 0.336. The predicted octanol–water partition coefficient (Wildman–Crippen LogP) is 2.87. The van der Waals surface area contributed by atoms with Gasteiger partial charge in [-0.3, -0.25) is 19.1 Å². The number of rotatable bonds is 5. The zero-order valence-corrected chi connectivity index (χ0v) is 14.4. The molecule has 1 aliphatic carbocycles. The summed E-state index contributed by atoms with van der Waals surface area (Å²) >= 11 is 1.61. The van der Waals surface area contributed by atoms with Gasteiger partial charge in [-0.05, 0) is 43.4 Å². The second-order valence-corrected chi connectivity index (χ2v) is 7.25. The molecule has 3 heterocycles. The number of fused-ring (bicyclic) bond motifs is 3. The van der Waals surface area contributed by atoms with Gasteiger partial charge in [-0.25, -0.2) is 4.98 Å². The molecule has 0 aliphatic heterocycles. The number of hydrogen-bond donors (Lipinski definition) is 1. The highest BCUT2D eigenvalue weighted by atomic mass is 32.1. The second-order valence-electron chi connectivity index (χ2n) is 6.17. The number of carboxylic acids is 1. The van der Waals surface area contributed by atoms with E-state index in [0.717, 1.165) is 40.6 Å². The maximum absolute atomic E-state index is 13.2. The Morgan fingerprint density at radius 2 is 2.24 bits per heavy atom. The average molecular weight is 355 g/mol. The molecular weight excluding hydrogens is 338 g/mol. The van der Waals surface area contributed by atoms with Crippen LogP contribution in [0.15, 0.2) is 29.3 Å². The third-order valence-electron chi connectivity index (χ3n) is 4.52. The van der Waals surface area contributed by atoms with Crippen LogP contribution in [0, 0.1) is 0 Å². The lowest BCUT2D eigenvalue weighted by Gasteiger charge is -2.12. The van der Waals surface area contributed by atoms with Crippen LogP contribution in [0.5, 0.6) is 0 Å². The minimum atomic E-state index is -0.860. The quantitative estimate of drug-likeness (QED) is 0.761. The number of nitrogens with zero attached hydrogens (tertiary/aromatic N) is 3. The Morgan fingerprint density at radius 3 is 3.00 bits per heavy atom. The van der Waals surface area contributed by atoms with Gasteiger partial charge in [-0.2, -0.15) is 0 Å². The van der Waals surface area contributed by atoms with Crippen molar-refractivity contribution in [2.75, 3.05) is 0 Å². The molecule has 0 aromatic carbocycles. The molecule has 7 heteroatoms. The number of carbonyl (C=O) groups is 1. The Bertz CT molecular complexity index is 1010. The summed E-state index contributed by atoms with van der Waals surface area (Å²) in [5.41, 5.74) is 1.85. The minimum absolute atomic E-state index is 0.0265. The maximum Gasteiger partial charge on any atom is 0.303 e. The number of carboxylic acid groups (broad SMARTS) is 1. The van der Waals surface area contributed by atoms with Gasteiger partial charge in [0.25, 0.3) is 5.56 Å². The van der Waals surface area contributed by atoms with Gasteiger partial charge in [-0.1, -0.05) is 0 Å². The number of aromatic nitrogens is 3. The van der Waals surface area contributed by atoms with Crippen LogP contribution < -0.4 is 5.56 Å². The number of thiophene rings is 1. The molecule has 1 N–H and O–H groups in total. The zero-order chi connectivity index (χ0) is 17.4. The zero-order valence-electron chi connectivity index (χ0n) is 13.6. The van der Waals surface area contributed by atoms with E-state index >= 15 is 0 Å². The van der Waals surface area contributed by atoms with Crippen LogP contribution >= 0.6 is 11.3 Å². The van der Waals surface area contributed by atoms with Gasteiger partial charge in [0.15, 0.2) is 0 Å². The smallest absolute Gasteiger partial charge is 0.303 e. The van der Waals surface area contributed by atoms with E-state index in [0.29, 0.717) is 18.8 Å². The van der Waals surface area contributed by atoms with Crippen molar-refractivity contribution in [1.29, 1.82) is 0 Å². The Kier molecular flexibility index (Phi) is 4.09. The molecule has 0 fully saturated rings. The predicted molar refractivity (Wildman–Crippen MR) is 96.0 cm³/mol. The first-order valence-electron chi connectivity index (χ1n) is 8.32. The monoisotopic (exact) mass is 355 g/mol. The standard InChI is InChI=1S/C18H17N3O3S/c22-14(23)7-3-9-21-16(11-4-2-8-19-10-11)20-17-15(18(21)24)12-5-1-6-13(12)25-17/h2,4,8,10H,1,3,5-7,9H2,(H,22,23). The SMILES string of the molecule is O=C(O)CCCn1c(-c2cccnc2)nc2sc3c(c2c1=O)CCC3. The van der Waals surface area contributed by atoms with Crippen molar-refractivity contribution in [2.24, 2.45) is 0 Å². The van der Waals surface area contributed by atoms with Crippen LogP contribution in [-0.2, 0) is 24.2 Å². The van der Waals surface area contributed by atoms with E-state index in [1.807, 2.05) is 12.1 Å². The van der Waals surface area contributed by atoms with E-state index in [9.17, 15) is 9.59 Å². The number of pyridine rings is 1. The van der Waals surface area contributed by atoms with E-state index in [1.165, 1.54) is 4.88 Å². The fourth-order valence-electron chi connectivity index (χ4n) is 3.39. The molecule has 3 aromatic rings. The van der Waals surface area contributed by atoms with Gasteiger partial charge < -0.3 is 5.11 Å². The molecule has 0 radical (unpaired) electrons. The van der Waals surface area contributed by atoms with E-state index in [2.05, 4.69) is 4.98 Å². The molecule has 0 spiro atoms. The van der Waals surface area contributed by atoms with Crippen LogP contribution in [0.2, 0.25) is 0 Å². The molecule has 0 bridgehead atoms. The summed E-state index contributed by atoms with van der Waals surface area (Å²) in [5, 5.41) is 9.62. The van der Waals surface area contributed by atoms with Gasteiger partial charge in [0.1, 0.15) is 10.7 Å². The summed E-state index contributed by atoms with van der Waals surface area (Å²) in [6, 6.07) is 3.68. The maximum atomic E-state index is 13.2. The number of aryl methyl sites for hydroxylation is 2. The number of aliphatic carboxylic acids is 1. The van der Waals surface area contributed by atoms with Gasteiger partial charge in [0, 0.05) is 35.8 Å². The lowest BCUT2D eigenvalue weighted by Crippen LogP contribution is -2.24. The molecule has 6 nitrogen and oxygen atoms in total. The largest absolute Gasteiger partial charge is 0.481 e. The van der Waals surface area contributed by atoms with Crippen molar-refractivity contribution in [3.8, 4) is 11.4 Å². The molecule has 0 atom stereocenters. The second kappa shape index (κ2) is 6.40. The highest BCUT2D eigenvalue weighted by Crippen LogP contribution is 2.35. The van der Waals surface area contributed by atoms with E-state index in [1.54, 1.807) is 28.3 Å². The van der Waals surface area contributed by atoms with E-state index in [-0.39, 0.29) is 12.0 Å². The van der Waals surface area contributed by atoms with Gasteiger partial charge in [-0.15, -0.1) is 11.3 Å². The Labute approximate surface area is 147 Å². The summed E-state index contributed by atoms with van der Waals surface area (Å²) < 4.78 is 1.62. The van der Waals surface area contributed by atoms with Gasteiger partial charge in [0.05, 0.1) is 5.39 Å². The molecule has 128 valence electrons. The number of hydrogen-bond acceptors (Lipinski definition) is 5. The molecule has 0 amide bonds. The van der Waals surface area contributed by atoms with Crippen LogP contribution in [0.4, 0.5) is 0 Å². The molecule has 1 aliphatic rings. The van der Waals surface area contributed by atoms with Gasteiger partial charge in [0.2, 0.25) is 0 Å². The van der Waals surface area contributed by atoms with Crippen molar-refractivity contribution in [3.63, 3.8) is 0 Å². The van der Waals surface area contributed by atoms with Crippen molar-refractivity contribution < 1.29 is 9.90 Å². The molecule has 0 saturated carbocycles. The summed E-state index contributed by atoms with van der Waals surface area (Å²) in [4.78, 5) is 35.0. The highest BCUT2D eigenvalue weighted by Gasteiger charge is 2.23. The van der Waals surface area contributed by atoms with Crippen molar-refractivity contribution in [2.45, 2.75) is 38.6 Å². The summed E-state index contributed by atoms with van der Waals surface area (Å²) in [7, 11) is 0. The van der Waals surface area contributed by atoms with E-state index in [4.69, 9.17) is 10.1 Å². The third-order valence-corrected chi connectivity index (χ3v) is 5.70. The third kappa shape index (κ3) is 2.84. The Morgan fingerprint density at radius 1 is 1.36 bits per heavy atom. The van der Waals surface area contributed by atoms with Crippen LogP contribution in [0.3, 0.4) is 0 Å². The minimum Gasteiger partial charge on any atom is -0.481 e. The molecule has 3 aromatic heterocycles. The lowest BCUT2D eigenvalue weighted by molar-refractivity contribution is -0.137. The Balaban J connectivity index is 1.89. The van der Waals surface area contributed by atoms with Crippen molar-refractivity contribution >= 4 is 27.5 Å². The van der Waals surface area contributed by atoms with Crippen molar-refractivity contribution in [1.82, 2.24) is 14.5 Å².